The molecule has 1 amide bonds. The smallest absolute Gasteiger partial charge is 0.341 e. The van der Waals surface area contributed by atoms with Gasteiger partial charge in [0.25, 0.3) is 0 Å². The number of ether oxygens (including phenoxy) is 2. The summed E-state index contributed by atoms with van der Waals surface area (Å²) in [4.78, 5) is 42.1. The number of carbonyl (C=O) groups excluding carboxylic acids is 3. The maximum atomic E-state index is 14.0. The molecule has 0 radical (unpaired) electrons. The maximum absolute atomic E-state index is 14.0. The van der Waals surface area contributed by atoms with Crippen molar-refractivity contribution < 1.29 is 23.9 Å². The molecular weight excluding hydrogens is 384 g/mol. The lowest BCUT2D eigenvalue weighted by atomic mass is 9.62. The highest BCUT2D eigenvalue weighted by Gasteiger charge is 2.64. The molecule has 0 fully saturated rings. The number of likely N-dealkylation sites (N-methyl/N-ethyl adjacent to an activating group) is 1. The molecule has 0 bridgehead atoms. The van der Waals surface area contributed by atoms with E-state index in [0.717, 1.165) is 0 Å². The van der Waals surface area contributed by atoms with Gasteiger partial charge < -0.3 is 20.1 Å². The molecule has 0 aromatic heterocycles. The number of esters is 1. The Kier molecular flexibility index (Phi) is 4.52. The monoisotopic (exact) mass is 410 g/mol. The van der Waals surface area contributed by atoms with E-state index >= 15 is 0 Å². The van der Waals surface area contributed by atoms with Gasteiger partial charge in [-0.3, -0.25) is 9.59 Å². The molecule has 3 aliphatic rings. The summed E-state index contributed by atoms with van der Waals surface area (Å²) in [6.45, 7) is 7.95. The van der Waals surface area contributed by atoms with Gasteiger partial charge in [0.05, 0.1) is 12.2 Å². The van der Waals surface area contributed by atoms with Gasteiger partial charge in [-0.1, -0.05) is 32.0 Å². The van der Waals surface area contributed by atoms with Crippen molar-refractivity contribution in [2.24, 2.45) is 11.1 Å². The van der Waals surface area contributed by atoms with Crippen LogP contribution in [0.5, 0.6) is 0 Å². The second-order valence-electron chi connectivity index (χ2n) is 8.62. The van der Waals surface area contributed by atoms with Crippen LogP contribution >= 0.6 is 0 Å². The Morgan fingerprint density at radius 3 is 2.57 bits per heavy atom. The largest absolute Gasteiger partial charge is 0.462 e. The summed E-state index contributed by atoms with van der Waals surface area (Å²) in [6.07, 6.45) is 0.683. The molecule has 1 atom stereocenters. The highest BCUT2D eigenvalue weighted by Crippen LogP contribution is 2.57. The second-order valence-corrected chi connectivity index (χ2v) is 8.62. The summed E-state index contributed by atoms with van der Waals surface area (Å²) in [5.41, 5.74) is 5.59. The number of hydrogen-bond acceptors (Lipinski definition) is 6. The summed E-state index contributed by atoms with van der Waals surface area (Å²) in [7, 11) is 0. The molecule has 1 spiro atoms. The molecule has 4 rings (SSSR count). The molecule has 2 N–H and O–H groups in total. The Bertz CT molecular complexity index is 1040. The van der Waals surface area contributed by atoms with E-state index in [1.165, 1.54) is 0 Å². The molecule has 30 heavy (non-hydrogen) atoms. The fourth-order valence-corrected chi connectivity index (χ4v) is 4.97. The van der Waals surface area contributed by atoms with Crippen molar-refractivity contribution in [1.29, 1.82) is 0 Å². The third-order valence-corrected chi connectivity index (χ3v) is 6.03. The summed E-state index contributed by atoms with van der Waals surface area (Å²) in [5.74, 6) is -1.15. The molecular formula is C23H26N2O5. The van der Waals surface area contributed by atoms with Crippen molar-refractivity contribution in [3.05, 3.63) is 52.6 Å². The maximum Gasteiger partial charge on any atom is 0.341 e. The Labute approximate surface area is 175 Å². The zero-order valence-corrected chi connectivity index (χ0v) is 17.7. The molecule has 2 aliphatic heterocycles. The Hall–Kier alpha value is -3.09. The Balaban J connectivity index is 2.10. The SMILES string of the molecule is CCOC(=O)C1=C(N)OC2=C(C(=O)CC(C)(C)C2)C12C(=O)N(CC)c1ccccc12. The molecule has 7 nitrogen and oxygen atoms in total. The van der Waals surface area contributed by atoms with Gasteiger partial charge in [-0.15, -0.1) is 0 Å². The summed E-state index contributed by atoms with van der Waals surface area (Å²) >= 11 is 0. The number of para-hydroxylation sites is 1. The average Bonchev–Trinajstić information content (AvgIpc) is 2.89. The van der Waals surface area contributed by atoms with E-state index in [9.17, 15) is 14.4 Å². The first-order valence-corrected chi connectivity index (χ1v) is 10.2. The fraction of sp³-hybridized carbons (Fsp3) is 0.435. The highest BCUT2D eigenvalue weighted by atomic mass is 16.5. The van der Waals surface area contributed by atoms with Gasteiger partial charge in [-0.25, -0.2) is 4.79 Å². The first-order chi connectivity index (χ1) is 14.2. The Morgan fingerprint density at radius 1 is 1.20 bits per heavy atom. The van der Waals surface area contributed by atoms with Crippen LogP contribution in [-0.2, 0) is 29.3 Å². The normalized spacial score (nSPS) is 24.7. The lowest BCUT2D eigenvalue weighted by molar-refractivity contribution is -0.141. The van der Waals surface area contributed by atoms with Gasteiger partial charge in [-0.2, -0.15) is 0 Å². The van der Waals surface area contributed by atoms with Gasteiger partial charge in [-0.05, 0) is 25.3 Å². The summed E-state index contributed by atoms with van der Waals surface area (Å²) in [6, 6.07) is 7.21. The number of Topliss-reactive ketones (excluding diaryl/α,β-unsaturated/α-hetero) is 1. The summed E-state index contributed by atoms with van der Waals surface area (Å²) in [5, 5.41) is 0. The first-order valence-electron chi connectivity index (χ1n) is 10.2. The van der Waals surface area contributed by atoms with E-state index in [1.807, 2.05) is 32.9 Å². The number of nitrogens with two attached hydrogens (primary N) is 1. The van der Waals surface area contributed by atoms with E-state index in [2.05, 4.69) is 0 Å². The average molecular weight is 410 g/mol. The van der Waals surface area contributed by atoms with Gasteiger partial charge in [0.15, 0.2) is 5.78 Å². The number of hydrogen-bond donors (Lipinski definition) is 1. The van der Waals surface area contributed by atoms with Crippen molar-refractivity contribution in [2.45, 2.75) is 46.0 Å². The van der Waals surface area contributed by atoms with Gasteiger partial charge in [0.1, 0.15) is 16.7 Å². The number of ketones is 1. The Morgan fingerprint density at radius 2 is 1.90 bits per heavy atom. The predicted molar refractivity (Wildman–Crippen MR) is 110 cm³/mol. The van der Waals surface area contributed by atoms with Crippen LogP contribution in [0, 0.1) is 5.41 Å². The van der Waals surface area contributed by atoms with E-state index in [-0.39, 0.29) is 47.2 Å². The molecule has 0 saturated heterocycles. The zero-order chi connectivity index (χ0) is 21.8. The number of amides is 1. The van der Waals surface area contributed by atoms with Crippen molar-refractivity contribution in [3.8, 4) is 0 Å². The van der Waals surface area contributed by atoms with Crippen LogP contribution in [0.1, 0.15) is 46.1 Å². The van der Waals surface area contributed by atoms with Crippen molar-refractivity contribution in [3.63, 3.8) is 0 Å². The van der Waals surface area contributed by atoms with Crippen LogP contribution in [0.15, 0.2) is 47.1 Å². The number of fused-ring (bicyclic) bond motifs is 3. The topological polar surface area (TPSA) is 98.9 Å². The van der Waals surface area contributed by atoms with Crippen LogP contribution in [-0.4, -0.2) is 30.8 Å². The number of carbonyl (C=O) groups is 3. The predicted octanol–water partition coefficient (Wildman–Crippen LogP) is 2.70. The number of nitrogens with zero attached hydrogens (tertiary/aromatic N) is 1. The van der Waals surface area contributed by atoms with E-state index < -0.39 is 11.4 Å². The van der Waals surface area contributed by atoms with Crippen molar-refractivity contribution in [2.75, 3.05) is 18.1 Å². The molecule has 2 heterocycles. The van der Waals surface area contributed by atoms with Crippen LogP contribution in [0.3, 0.4) is 0 Å². The third-order valence-electron chi connectivity index (χ3n) is 6.03. The van der Waals surface area contributed by atoms with E-state index in [1.54, 1.807) is 24.0 Å². The van der Waals surface area contributed by atoms with Gasteiger partial charge in [0, 0.05) is 30.6 Å². The minimum Gasteiger partial charge on any atom is -0.462 e. The minimum atomic E-state index is -1.65. The lowest BCUT2D eigenvalue weighted by Crippen LogP contribution is -2.52. The molecule has 158 valence electrons. The second kappa shape index (κ2) is 6.72. The third kappa shape index (κ3) is 2.54. The van der Waals surface area contributed by atoms with Crippen LogP contribution in [0.2, 0.25) is 0 Å². The molecule has 1 unspecified atom stereocenters. The highest BCUT2D eigenvalue weighted by molar-refractivity contribution is 6.23. The van der Waals surface area contributed by atoms with E-state index in [0.29, 0.717) is 30.0 Å². The quantitative estimate of drug-likeness (QED) is 0.770. The molecule has 7 heteroatoms. The number of rotatable bonds is 3. The molecule has 0 saturated carbocycles. The number of anilines is 1. The summed E-state index contributed by atoms with van der Waals surface area (Å²) < 4.78 is 11.1. The molecule has 1 aromatic carbocycles. The van der Waals surface area contributed by atoms with Crippen LogP contribution in [0.4, 0.5) is 5.69 Å². The van der Waals surface area contributed by atoms with E-state index in [4.69, 9.17) is 15.2 Å². The number of allylic oxidation sites excluding steroid dienone is 1. The van der Waals surface area contributed by atoms with Gasteiger partial charge in [0.2, 0.25) is 11.8 Å². The minimum absolute atomic E-state index is 0.103. The first kappa shape index (κ1) is 20.2. The molecule has 1 aromatic rings. The van der Waals surface area contributed by atoms with Crippen LogP contribution < -0.4 is 10.6 Å². The van der Waals surface area contributed by atoms with Crippen LogP contribution in [0.25, 0.3) is 0 Å². The number of benzene rings is 1. The zero-order valence-electron chi connectivity index (χ0n) is 17.7. The lowest BCUT2D eigenvalue weighted by Gasteiger charge is -2.42. The molecule has 1 aliphatic carbocycles. The van der Waals surface area contributed by atoms with Crippen molar-refractivity contribution in [1.82, 2.24) is 0 Å². The standard InChI is InChI=1S/C23H26N2O5/c1-5-25-14-10-8-7-9-13(14)23(21(25)28)17-15(26)11-22(3,4)12-16(17)30-19(24)18(23)20(27)29-6-2/h7-10H,5-6,11-12,24H2,1-4H3. The van der Waals surface area contributed by atoms with Crippen molar-refractivity contribution >= 4 is 23.3 Å². The van der Waals surface area contributed by atoms with Gasteiger partial charge >= 0.3 is 5.97 Å². The fourth-order valence-electron chi connectivity index (χ4n) is 4.97.